The molecule has 0 bridgehead atoms. The number of hydrogen-bond acceptors (Lipinski definition) is 13. The molecule has 1 aromatic rings. The number of amides is 6. The number of aromatic nitrogens is 2. The lowest BCUT2D eigenvalue weighted by Crippen LogP contribution is -2.48. The van der Waals surface area contributed by atoms with Crippen molar-refractivity contribution in [2.45, 2.75) is 31.7 Å². The van der Waals surface area contributed by atoms with Gasteiger partial charge in [0, 0.05) is 45.8 Å². The molecule has 1 heterocycles. The highest BCUT2D eigenvalue weighted by Gasteiger charge is 2.26. The van der Waals surface area contributed by atoms with Crippen LogP contribution in [0.5, 0.6) is 0 Å². The zero-order valence-electron chi connectivity index (χ0n) is 24.0. The summed E-state index contributed by atoms with van der Waals surface area (Å²) in [4.78, 5) is 69.7. The number of hydrogen-bond donors (Lipinski definition) is 12. The summed E-state index contributed by atoms with van der Waals surface area (Å²) in [6, 6.07) is -1.67. The molecule has 18 N–H and O–H groups in total. The summed E-state index contributed by atoms with van der Waals surface area (Å²) in [5.41, 5.74) is 32.5. The Kier molecular flexibility index (Phi) is 16.2. The monoisotopic (exact) mass is 608 g/mol. The first-order valence-electron chi connectivity index (χ1n) is 13.6. The van der Waals surface area contributed by atoms with Crippen LogP contribution in [0.3, 0.4) is 0 Å². The summed E-state index contributed by atoms with van der Waals surface area (Å²) in [5, 5.41) is 15.6. The van der Waals surface area contributed by atoms with E-state index in [1.807, 2.05) is 0 Å². The van der Waals surface area contributed by atoms with E-state index in [1.54, 1.807) is 0 Å². The normalized spacial score (nSPS) is 11.9. The number of nitrogens with zero attached hydrogens (tertiary/aromatic N) is 2. The van der Waals surface area contributed by atoms with Crippen LogP contribution in [0, 0.1) is 5.92 Å². The zero-order valence-corrected chi connectivity index (χ0v) is 24.0. The van der Waals surface area contributed by atoms with Gasteiger partial charge in [-0.3, -0.25) is 19.2 Å². The Bertz CT molecular complexity index is 1130. The van der Waals surface area contributed by atoms with E-state index in [-0.39, 0.29) is 68.8 Å². The van der Waals surface area contributed by atoms with Crippen molar-refractivity contribution in [3.63, 3.8) is 0 Å². The highest BCUT2D eigenvalue weighted by Crippen LogP contribution is 2.14. The molecule has 1 aromatic heterocycles. The minimum atomic E-state index is -0.974. The molecule has 240 valence electrons. The number of anilines is 2. The quantitative estimate of drug-likeness (QED) is 0.0621. The highest BCUT2D eigenvalue weighted by atomic mass is 16.2. The van der Waals surface area contributed by atoms with E-state index in [2.05, 4.69) is 48.4 Å². The van der Waals surface area contributed by atoms with Gasteiger partial charge < -0.3 is 66.3 Å². The van der Waals surface area contributed by atoms with Gasteiger partial charge in [0.25, 0.3) is 11.8 Å². The van der Waals surface area contributed by atoms with E-state index >= 15 is 0 Å². The molecule has 0 aliphatic rings. The van der Waals surface area contributed by atoms with E-state index in [0.717, 1.165) is 0 Å². The molecule has 2 atom stereocenters. The van der Waals surface area contributed by atoms with Gasteiger partial charge in [0.2, 0.25) is 11.8 Å². The lowest BCUT2D eigenvalue weighted by Gasteiger charge is -2.19. The minimum Gasteiger partial charge on any atom is -0.386 e. The molecule has 0 saturated heterocycles. The van der Waals surface area contributed by atoms with Crippen LogP contribution in [-0.2, 0) is 9.59 Å². The number of rotatable bonds is 20. The second-order valence-corrected chi connectivity index (χ2v) is 9.31. The lowest BCUT2D eigenvalue weighted by atomic mass is 10.0. The average molecular weight is 609 g/mol. The fraction of sp³-hybridized carbons (Fsp3) is 0.542. The standard InChI is InChI=1S/C24H44N14O5/c1-13(27)31-8-3-5-15(21(40)33-11-7-26)36-23(42)17-19(29)37-16(18(28)38-17)22(41)35-12-14(20(39)32-10-6-25)4-2-9-34-24(30)43/h14-15,31H,1-12,25-27H2,(H2,28,38)(H2,29,37)(H,32,39)(H,33,40)(H,35,41)(H,36,42)(H3,30,34,43). The van der Waals surface area contributed by atoms with Crippen LogP contribution in [-0.4, -0.2) is 91.5 Å². The van der Waals surface area contributed by atoms with Crippen LogP contribution in [0.2, 0.25) is 0 Å². The molecule has 1 rings (SSSR count). The molecule has 0 radical (unpaired) electrons. The van der Waals surface area contributed by atoms with Gasteiger partial charge in [0.1, 0.15) is 6.04 Å². The number of nitrogens with two attached hydrogens (primary N) is 6. The van der Waals surface area contributed by atoms with Crippen molar-refractivity contribution in [1.29, 1.82) is 0 Å². The maximum absolute atomic E-state index is 13.0. The molecule has 43 heavy (non-hydrogen) atoms. The van der Waals surface area contributed by atoms with Crippen molar-refractivity contribution in [2.24, 2.45) is 28.9 Å². The van der Waals surface area contributed by atoms with E-state index in [1.165, 1.54) is 0 Å². The fourth-order valence-corrected chi connectivity index (χ4v) is 3.69. The van der Waals surface area contributed by atoms with Crippen molar-refractivity contribution >= 4 is 41.3 Å². The molecule has 0 spiro atoms. The maximum Gasteiger partial charge on any atom is 0.312 e. The van der Waals surface area contributed by atoms with E-state index in [4.69, 9.17) is 34.4 Å². The van der Waals surface area contributed by atoms with Gasteiger partial charge in [-0.15, -0.1) is 0 Å². The van der Waals surface area contributed by atoms with E-state index < -0.39 is 47.3 Å². The number of primary amides is 1. The predicted molar refractivity (Wildman–Crippen MR) is 159 cm³/mol. The third-order valence-corrected chi connectivity index (χ3v) is 5.82. The topological polar surface area (TPSA) is 339 Å². The number of nitrogen functional groups attached to an aromatic ring is 2. The minimum absolute atomic E-state index is 0.110. The summed E-state index contributed by atoms with van der Waals surface area (Å²) >= 11 is 0. The zero-order chi connectivity index (χ0) is 32.4. The van der Waals surface area contributed by atoms with Crippen LogP contribution in [0.4, 0.5) is 16.4 Å². The Balaban J connectivity index is 2.97. The van der Waals surface area contributed by atoms with Gasteiger partial charge in [-0.25, -0.2) is 14.8 Å². The summed E-state index contributed by atoms with van der Waals surface area (Å²) in [5.74, 6) is -3.69. The van der Waals surface area contributed by atoms with Crippen LogP contribution < -0.4 is 66.3 Å². The molecule has 0 aliphatic heterocycles. The van der Waals surface area contributed by atoms with Gasteiger partial charge in [0.15, 0.2) is 23.0 Å². The average Bonchev–Trinajstić information content (AvgIpc) is 2.95. The van der Waals surface area contributed by atoms with Crippen molar-refractivity contribution in [3.8, 4) is 0 Å². The number of nitrogens with one attached hydrogen (secondary N) is 6. The second-order valence-electron chi connectivity index (χ2n) is 9.31. The Labute approximate surface area is 249 Å². The number of carbonyl (C=O) groups is 5. The van der Waals surface area contributed by atoms with E-state index in [9.17, 15) is 24.0 Å². The first-order chi connectivity index (χ1) is 20.4. The van der Waals surface area contributed by atoms with Crippen LogP contribution >= 0.6 is 0 Å². The van der Waals surface area contributed by atoms with Crippen LogP contribution in [0.25, 0.3) is 0 Å². The van der Waals surface area contributed by atoms with Crippen molar-refractivity contribution in [3.05, 3.63) is 23.8 Å². The highest BCUT2D eigenvalue weighted by molar-refractivity contribution is 6.02. The molecule has 2 unspecified atom stereocenters. The third-order valence-electron chi connectivity index (χ3n) is 5.82. The molecule has 6 amide bonds. The van der Waals surface area contributed by atoms with E-state index in [0.29, 0.717) is 25.8 Å². The Morgan fingerprint density at radius 2 is 1.23 bits per heavy atom. The Hall–Kier alpha value is -4.91. The van der Waals surface area contributed by atoms with Gasteiger partial charge in [-0.1, -0.05) is 6.58 Å². The van der Waals surface area contributed by atoms with Gasteiger partial charge in [-0.2, -0.15) is 0 Å². The van der Waals surface area contributed by atoms with Crippen molar-refractivity contribution in [1.82, 2.24) is 41.9 Å². The molecule has 19 heteroatoms. The molecular formula is C24H44N14O5. The number of carbonyl (C=O) groups excluding carboxylic acids is 5. The second kappa shape index (κ2) is 19.3. The predicted octanol–water partition coefficient (Wildman–Crippen LogP) is -4.52. The van der Waals surface area contributed by atoms with Crippen LogP contribution in [0.1, 0.15) is 46.7 Å². The molecule has 0 aliphatic carbocycles. The molecular weight excluding hydrogens is 564 g/mol. The first kappa shape index (κ1) is 36.1. The Morgan fingerprint density at radius 1 is 0.698 bits per heavy atom. The van der Waals surface area contributed by atoms with Crippen molar-refractivity contribution in [2.75, 3.05) is 57.3 Å². The molecule has 0 saturated carbocycles. The van der Waals surface area contributed by atoms with Crippen molar-refractivity contribution < 1.29 is 24.0 Å². The fourth-order valence-electron chi connectivity index (χ4n) is 3.69. The van der Waals surface area contributed by atoms with Gasteiger partial charge in [-0.05, 0) is 25.7 Å². The van der Waals surface area contributed by atoms with Gasteiger partial charge >= 0.3 is 6.03 Å². The molecule has 19 nitrogen and oxygen atoms in total. The summed E-state index contributed by atoms with van der Waals surface area (Å²) in [6.07, 6.45) is 1.38. The number of urea groups is 1. The summed E-state index contributed by atoms with van der Waals surface area (Å²) in [7, 11) is 0. The third kappa shape index (κ3) is 13.5. The molecule has 0 aromatic carbocycles. The largest absolute Gasteiger partial charge is 0.386 e. The van der Waals surface area contributed by atoms with Crippen LogP contribution in [0.15, 0.2) is 12.4 Å². The Morgan fingerprint density at radius 3 is 1.79 bits per heavy atom. The van der Waals surface area contributed by atoms with Gasteiger partial charge in [0.05, 0.1) is 11.7 Å². The smallest absolute Gasteiger partial charge is 0.312 e. The summed E-state index contributed by atoms with van der Waals surface area (Å²) in [6.45, 7) is 4.91. The lowest BCUT2D eigenvalue weighted by molar-refractivity contribution is -0.125. The summed E-state index contributed by atoms with van der Waals surface area (Å²) < 4.78 is 0. The SMILES string of the molecule is C=C(N)NCCCC(NC(=O)c1nc(N)c(C(=O)NCC(CCCNC(N)=O)C(=O)NCCN)nc1N)C(=O)NCCN. The molecule has 0 fully saturated rings. The maximum atomic E-state index is 13.0. The first-order valence-corrected chi connectivity index (χ1v) is 13.6.